The topological polar surface area (TPSA) is 107 Å². The van der Waals surface area contributed by atoms with Crippen LogP contribution in [0, 0.1) is 13.8 Å². The molecule has 128 valence electrons. The number of hydrogen-bond donors (Lipinski definition) is 3. The standard InChI is InChI=1S/C17H16N4O3S/c1-9-10(2)25-17-15(9)16(24)19-13(20-17)7-14(23)21-18-8-11-4-3-5-12(22)6-11/h3-6,8,22H,7H2,1-2H3,(H,21,23)(H,19,20,24)/b18-8-. The summed E-state index contributed by atoms with van der Waals surface area (Å²) in [6.07, 6.45) is 1.33. The van der Waals surface area contributed by atoms with Crippen LogP contribution in [0.25, 0.3) is 10.2 Å². The molecule has 0 bridgehead atoms. The van der Waals surface area contributed by atoms with Gasteiger partial charge in [0.2, 0.25) is 5.91 Å². The predicted molar refractivity (Wildman–Crippen MR) is 97.3 cm³/mol. The second kappa shape index (κ2) is 6.86. The van der Waals surface area contributed by atoms with Crippen LogP contribution in [0.15, 0.2) is 34.2 Å². The number of hydrogen-bond acceptors (Lipinski definition) is 6. The summed E-state index contributed by atoms with van der Waals surface area (Å²) in [5.41, 5.74) is 3.70. The fourth-order valence-corrected chi connectivity index (χ4v) is 3.41. The van der Waals surface area contributed by atoms with E-state index in [0.29, 0.717) is 21.6 Å². The number of carbonyl (C=O) groups excluding carboxylic acids is 1. The van der Waals surface area contributed by atoms with Gasteiger partial charge in [0.1, 0.15) is 16.4 Å². The van der Waals surface area contributed by atoms with Crippen LogP contribution in [-0.2, 0) is 11.2 Å². The van der Waals surface area contributed by atoms with Crippen LogP contribution < -0.4 is 11.0 Å². The van der Waals surface area contributed by atoms with Gasteiger partial charge in [-0.25, -0.2) is 10.4 Å². The molecule has 1 amide bonds. The maximum Gasteiger partial charge on any atom is 0.259 e. The third kappa shape index (κ3) is 3.74. The quantitative estimate of drug-likeness (QED) is 0.491. The first-order valence-corrected chi connectivity index (χ1v) is 8.35. The maximum absolute atomic E-state index is 12.2. The predicted octanol–water partition coefficient (Wildman–Crippen LogP) is 2.00. The normalized spacial score (nSPS) is 11.3. The summed E-state index contributed by atoms with van der Waals surface area (Å²) in [5.74, 6) is 0.0135. The lowest BCUT2D eigenvalue weighted by atomic mass is 10.2. The van der Waals surface area contributed by atoms with E-state index in [4.69, 9.17) is 0 Å². The van der Waals surface area contributed by atoms with Crippen molar-refractivity contribution in [2.24, 2.45) is 5.10 Å². The van der Waals surface area contributed by atoms with Crippen molar-refractivity contribution in [1.82, 2.24) is 15.4 Å². The molecule has 0 aliphatic rings. The minimum atomic E-state index is -0.399. The van der Waals surface area contributed by atoms with Crippen molar-refractivity contribution in [2.75, 3.05) is 0 Å². The number of phenols is 1. The molecule has 0 unspecified atom stereocenters. The lowest BCUT2D eigenvalue weighted by molar-refractivity contribution is -0.120. The van der Waals surface area contributed by atoms with E-state index < -0.39 is 5.91 Å². The van der Waals surface area contributed by atoms with E-state index in [0.717, 1.165) is 10.4 Å². The van der Waals surface area contributed by atoms with E-state index in [1.165, 1.54) is 23.6 Å². The maximum atomic E-state index is 12.2. The molecule has 0 saturated heterocycles. The minimum absolute atomic E-state index is 0.0848. The lowest BCUT2D eigenvalue weighted by Crippen LogP contribution is -2.23. The summed E-state index contributed by atoms with van der Waals surface area (Å²) >= 11 is 1.43. The second-order valence-electron chi connectivity index (χ2n) is 5.54. The number of phenolic OH excluding ortho intramolecular Hbond substituents is 1. The van der Waals surface area contributed by atoms with E-state index in [-0.39, 0.29) is 17.7 Å². The first kappa shape index (κ1) is 16.8. The molecular weight excluding hydrogens is 340 g/mol. The van der Waals surface area contributed by atoms with E-state index >= 15 is 0 Å². The third-order valence-corrected chi connectivity index (χ3v) is 4.79. The van der Waals surface area contributed by atoms with Crippen molar-refractivity contribution in [3.05, 3.63) is 56.4 Å². The molecule has 3 aromatic rings. The third-order valence-electron chi connectivity index (χ3n) is 3.69. The number of H-pyrrole nitrogens is 1. The number of amides is 1. The monoisotopic (exact) mass is 356 g/mol. The first-order valence-electron chi connectivity index (χ1n) is 7.54. The second-order valence-corrected chi connectivity index (χ2v) is 6.74. The van der Waals surface area contributed by atoms with Gasteiger partial charge in [0.15, 0.2) is 0 Å². The summed E-state index contributed by atoms with van der Waals surface area (Å²) < 4.78 is 0. The fraction of sp³-hybridized carbons (Fsp3) is 0.176. The number of fused-ring (bicyclic) bond motifs is 1. The number of benzene rings is 1. The van der Waals surface area contributed by atoms with Crippen LogP contribution in [0.1, 0.15) is 21.8 Å². The molecule has 7 nitrogen and oxygen atoms in total. The van der Waals surface area contributed by atoms with Crippen LogP contribution in [0.2, 0.25) is 0 Å². The number of rotatable bonds is 4. The van der Waals surface area contributed by atoms with Crippen molar-refractivity contribution < 1.29 is 9.90 Å². The highest BCUT2D eigenvalue weighted by Gasteiger charge is 2.13. The van der Waals surface area contributed by atoms with E-state index in [1.54, 1.807) is 18.2 Å². The van der Waals surface area contributed by atoms with Gasteiger partial charge in [0.25, 0.3) is 5.56 Å². The van der Waals surface area contributed by atoms with Gasteiger partial charge >= 0.3 is 0 Å². The average Bonchev–Trinajstić information content (AvgIpc) is 2.82. The summed E-state index contributed by atoms with van der Waals surface area (Å²) in [6, 6.07) is 6.48. The number of aromatic amines is 1. The zero-order chi connectivity index (χ0) is 18.0. The Kier molecular flexibility index (Phi) is 4.62. The van der Waals surface area contributed by atoms with Gasteiger partial charge in [-0.15, -0.1) is 11.3 Å². The van der Waals surface area contributed by atoms with Gasteiger partial charge in [-0.05, 0) is 37.1 Å². The molecule has 0 saturated carbocycles. The molecular formula is C17H16N4O3S. The molecule has 3 rings (SSSR count). The molecule has 25 heavy (non-hydrogen) atoms. The molecule has 1 aromatic carbocycles. The molecule has 0 atom stereocenters. The lowest BCUT2D eigenvalue weighted by Gasteiger charge is -2.01. The molecule has 3 N–H and O–H groups in total. The highest BCUT2D eigenvalue weighted by Crippen LogP contribution is 2.25. The average molecular weight is 356 g/mol. The Hall–Kier alpha value is -3.00. The van der Waals surface area contributed by atoms with Crippen LogP contribution >= 0.6 is 11.3 Å². The smallest absolute Gasteiger partial charge is 0.259 e. The summed E-state index contributed by atoms with van der Waals surface area (Å²) in [6.45, 7) is 3.82. The zero-order valence-electron chi connectivity index (χ0n) is 13.7. The van der Waals surface area contributed by atoms with Crippen molar-refractivity contribution in [1.29, 1.82) is 0 Å². The van der Waals surface area contributed by atoms with Gasteiger partial charge in [0, 0.05) is 4.88 Å². The van der Waals surface area contributed by atoms with Crippen LogP contribution in [0.3, 0.4) is 0 Å². The van der Waals surface area contributed by atoms with Gasteiger partial charge in [-0.1, -0.05) is 12.1 Å². The Morgan fingerprint density at radius 2 is 2.24 bits per heavy atom. The Morgan fingerprint density at radius 1 is 1.44 bits per heavy atom. The molecule has 2 aromatic heterocycles. The molecule has 2 heterocycles. The molecule has 0 spiro atoms. The molecule has 8 heteroatoms. The molecule has 0 aliphatic carbocycles. The van der Waals surface area contributed by atoms with Crippen molar-refractivity contribution >= 4 is 33.7 Å². The largest absolute Gasteiger partial charge is 0.508 e. The Morgan fingerprint density at radius 3 is 3.00 bits per heavy atom. The Bertz CT molecular complexity index is 1040. The number of carbonyl (C=O) groups is 1. The van der Waals surface area contributed by atoms with E-state index in [2.05, 4.69) is 20.5 Å². The highest BCUT2D eigenvalue weighted by atomic mass is 32.1. The van der Waals surface area contributed by atoms with Crippen LogP contribution in [-0.4, -0.2) is 27.2 Å². The number of hydrazone groups is 1. The number of aromatic nitrogens is 2. The van der Waals surface area contributed by atoms with Gasteiger partial charge in [-0.2, -0.15) is 5.10 Å². The highest BCUT2D eigenvalue weighted by molar-refractivity contribution is 7.18. The fourth-order valence-electron chi connectivity index (χ4n) is 2.36. The first-order chi connectivity index (χ1) is 11.9. The Balaban J connectivity index is 1.71. The minimum Gasteiger partial charge on any atom is -0.508 e. The van der Waals surface area contributed by atoms with E-state index in [9.17, 15) is 14.7 Å². The summed E-state index contributed by atoms with van der Waals surface area (Å²) in [4.78, 5) is 32.8. The number of aromatic hydroxyl groups is 1. The van der Waals surface area contributed by atoms with Crippen molar-refractivity contribution in [3.8, 4) is 5.75 Å². The number of aryl methyl sites for hydroxylation is 2. The van der Waals surface area contributed by atoms with Crippen molar-refractivity contribution in [3.63, 3.8) is 0 Å². The number of nitrogens with zero attached hydrogens (tertiary/aromatic N) is 2. The molecule has 0 radical (unpaired) electrons. The summed E-state index contributed by atoms with van der Waals surface area (Å²) in [5, 5.41) is 13.8. The van der Waals surface area contributed by atoms with Crippen molar-refractivity contribution in [2.45, 2.75) is 20.3 Å². The SMILES string of the molecule is Cc1sc2nc(CC(=O)N/N=C\c3cccc(O)c3)[nH]c(=O)c2c1C. The summed E-state index contributed by atoms with van der Waals surface area (Å²) in [7, 11) is 0. The van der Waals surface area contributed by atoms with Gasteiger partial charge in [-0.3, -0.25) is 9.59 Å². The van der Waals surface area contributed by atoms with Crippen LogP contribution in [0.4, 0.5) is 0 Å². The molecule has 0 aliphatic heterocycles. The zero-order valence-corrected chi connectivity index (χ0v) is 14.5. The number of nitrogens with one attached hydrogen (secondary N) is 2. The number of thiophene rings is 1. The van der Waals surface area contributed by atoms with Gasteiger partial charge < -0.3 is 10.1 Å². The Labute approximate surface area is 147 Å². The van der Waals surface area contributed by atoms with Gasteiger partial charge in [0.05, 0.1) is 18.0 Å². The van der Waals surface area contributed by atoms with Crippen LogP contribution in [0.5, 0.6) is 5.75 Å². The van der Waals surface area contributed by atoms with E-state index in [1.807, 2.05) is 13.8 Å². The molecule has 0 fully saturated rings.